The van der Waals surface area contributed by atoms with Crippen LogP contribution in [0.4, 0.5) is 0 Å². The number of fused-ring (bicyclic) bond motifs is 1. The third-order valence-electron chi connectivity index (χ3n) is 3.14. The van der Waals surface area contributed by atoms with Crippen molar-refractivity contribution in [3.8, 4) is 5.69 Å². The summed E-state index contributed by atoms with van der Waals surface area (Å²) in [7, 11) is 0. The van der Waals surface area contributed by atoms with Crippen LogP contribution in [0, 0.1) is 0 Å². The zero-order chi connectivity index (χ0) is 15.5. The van der Waals surface area contributed by atoms with Crippen LogP contribution in [-0.2, 0) is 16.0 Å². The largest absolute Gasteiger partial charge is 0.466 e. The maximum absolute atomic E-state index is 11.5. The van der Waals surface area contributed by atoms with E-state index in [9.17, 15) is 4.79 Å². The highest BCUT2D eigenvalue weighted by Crippen LogP contribution is 2.18. The van der Waals surface area contributed by atoms with Gasteiger partial charge in [-0.1, -0.05) is 12.1 Å². The molecule has 0 aliphatic rings. The number of hydrogen-bond donors (Lipinski definition) is 0. The van der Waals surface area contributed by atoms with Crippen molar-refractivity contribution >= 4 is 33.1 Å². The van der Waals surface area contributed by atoms with Gasteiger partial charge in [-0.2, -0.15) is 0 Å². The monoisotopic (exact) mass is 360 g/mol. The van der Waals surface area contributed by atoms with Crippen LogP contribution in [0.25, 0.3) is 16.9 Å². The number of rotatable bonds is 4. The summed E-state index contributed by atoms with van der Waals surface area (Å²) in [4.78, 5) is 24.1. The highest BCUT2D eigenvalue weighted by molar-refractivity contribution is 9.10. The molecule has 0 saturated heterocycles. The molecule has 0 bridgehead atoms. The molecule has 112 valence electrons. The van der Waals surface area contributed by atoms with E-state index >= 15 is 0 Å². The predicted octanol–water partition coefficient (Wildman–Crippen LogP) is 2.68. The molecule has 2 heterocycles. The maximum Gasteiger partial charge on any atom is 0.310 e. The standard InChI is InChI=1S/C15H13BrN4O2/c1-2-22-13(21)7-10-3-5-11(6-4-10)20-9-18-14-12(20)8-17-15(16)19-14/h3-6,8-9H,2,7H2,1H3. The second kappa shape index (κ2) is 6.23. The van der Waals surface area contributed by atoms with Crippen LogP contribution in [0.2, 0.25) is 0 Å². The van der Waals surface area contributed by atoms with E-state index in [1.165, 1.54) is 0 Å². The smallest absolute Gasteiger partial charge is 0.310 e. The summed E-state index contributed by atoms with van der Waals surface area (Å²) in [6, 6.07) is 7.66. The summed E-state index contributed by atoms with van der Waals surface area (Å²) in [6.07, 6.45) is 3.69. The molecule has 0 N–H and O–H groups in total. The van der Waals surface area contributed by atoms with Gasteiger partial charge in [0.15, 0.2) is 10.4 Å². The number of ether oxygens (including phenoxy) is 1. The molecule has 0 atom stereocenters. The van der Waals surface area contributed by atoms with Crippen LogP contribution in [0.15, 0.2) is 41.5 Å². The van der Waals surface area contributed by atoms with Crippen molar-refractivity contribution in [1.82, 2.24) is 19.5 Å². The van der Waals surface area contributed by atoms with E-state index < -0.39 is 0 Å². The van der Waals surface area contributed by atoms with Crippen molar-refractivity contribution in [3.05, 3.63) is 47.1 Å². The van der Waals surface area contributed by atoms with Gasteiger partial charge >= 0.3 is 5.97 Å². The van der Waals surface area contributed by atoms with Gasteiger partial charge in [0.05, 0.1) is 19.2 Å². The Morgan fingerprint density at radius 3 is 2.77 bits per heavy atom. The Kier molecular flexibility index (Phi) is 4.15. The zero-order valence-electron chi connectivity index (χ0n) is 11.9. The molecule has 7 heteroatoms. The molecule has 22 heavy (non-hydrogen) atoms. The first-order chi connectivity index (χ1) is 10.7. The minimum absolute atomic E-state index is 0.221. The lowest BCUT2D eigenvalue weighted by molar-refractivity contribution is -0.142. The SMILES string of the molecule is CCOC(=O)Cc1ccc(-n2cnc3nc(Br)ncc32)cc1. The van der Waals surface area contributed by atoms with Gasteiger partial charge in [-0.25, -0.2) is 15.0 Å². The van der Waals surface area contributed by atoms with Crippen LogP contribution in [0.5, 0.6) is 0 Å². The number of imidazole rings is 1. The van der Waals surface area contributed by atoms with Gasteiger partial charge in [-0.15, -0.1) is 0 Å². The number of hydrogen-bond acceptors (Lipinski definition) is 5. The maximum atomic E-state index is 11.5. The summed E-state index contributed by atoms with van der Waals surface area (Å²) in [5.41, 5.74) is 3.28. The van der Waals surface area contributed by atoms with E-state index in [0.717, 1.165) is 16.8 Å². The molecule has 6 nitrogen and oxygen atoms in total. The lowest BCUT2D eigenvalue weighted by Gasteiger charge is -2.06. The minimum Gasteiger partial charge on any atom is -0.466 e. The van der Waals surface area contributed by atoms with Gasteiger partial charge in [0.2, 0.25) is 0 Å². The minimum atomic E-state index is -0.221. The third kappa shape index (κ3) is 2.99. The van der Waals surface area contributed by atoms with Crippen molar-refractivity contribution < 1.29 is 9.53 Å². The van der Waals surface area contributed by atoms with Gasteiger partial charge in [0, 0.05) is 5.69 Å². The number of aromatic nitrogens is 4. The van der Waals surface area contributed by atoms with Gasteiger partial charge in [-0.3, -0.25) is 9.36 Å². The first kappa shape index (κ1) is 14.6. The Bertz CT molecular complexity index is 814. The Balaban J connectivity index is 1.87. The van der Waals surface area contributed by atoms with Gasteiger partial charge in [0.1, 0.15) is 11.8 Å². The summed E-state index contributed by atoms with van der Waals surface area (Å²) in [5.74, 6) is -0.221. The second-order valence-corrected chi connectivity index (χ2v) is 5.32. The van der Waals surface area contributed by atoms with Crippen LogP contribution in [0.3, 0.4) is 0 Å². The molecule has 0 aliphatic heterocycles. The molecule has 1 aromatic carbocycles. The van der Waals surface area contributed by atoms with E-state index in [-0.39, 0.29) is 12.4 Å². The third-order valence-corrected chi connectivity index (χ3v) is 3.53. The van der Waals surface area contributed by atoms with Crippen molar-refractivity contribution in [3.63, 3.8) is 0 Å². The van der Waals surface area contributed by atoms with Crippen molar-refractivity contribution in [2.24, 2.45) is 0 Å². The van der Waals surface area contributed by atoms with Crippen LogP contribution in [-0.4, -0.2) is 32.1 Å². The van der Waals surface area contributed by atoms with Crippen LogP contribution < -0.4 is 0 Å². The fourth-order valence-corrected chi connectivity index (χ4v) is 2.41. The average molecular weight is 361 g/mol. The highest BCUT2D eigenvalue weighted by Gasteiger charge is 2.08. The van der Waals surface area contributed by atoms with E-state index in [2.05, 4.69) is 30.9 Å². The molecule has 0 saturated carbocycles. The van der Waals surface area contributed by atoms with Crippen LogP contribution >= 0.6 is 15.9 Å². The molecular weight excluding hydrogens is 348 g/mol. The molecule has 2 aromatic heterocycles. The van der Waals surface area contributed by atoms with Crippen molar-refractivity contribution in [2.45, 2.75) is 13.3 Å². The second-order valence-electron chi connectivity index (χ2n) is 4.61. The normalized spacial score (nSPS) is 10.8. The van der Waals surface area contributed by atoms with E-state index in [1.807, 2.05) is 28.8 Å². The number of carbonyl (C=O) groups is 1. The Labute approximate surface area is 135 Å². The molecule has 0 spiro atoms. The first-order valence-corrected chi connectivity index (χ1v) is 7.57. The van der Waals surface area contributed by atoms with Gasteiger partial charge < -0.3 is 4.74 Å². The molecular formula is C15H13BrN4O2. The lowest BCUT2D eigenvalue weighted by Crippen LogP contribution is -2.07. The first-order valence-electron chi connectivity index (χ1n) is 6.78. The van der Waals surface area contributed by atoms with Crippen molar-refractivity contribution in [2.75, 3.05) is 6.61 Å². The average Bonchev–Trinajstić information content (AvgIpc) is 2.91. The highest BCUT2D eigenvalue weighted by atomic mass is 79.9. The number of halogens is 1. The summed E-state index contributed by atoms with van der Waals surface area (Å²) in [5, 5.41) is 0. The lowest BCUT2D eigenvalue weighted by atomic mass is 10.1. The number of benzene rings is 1. The predicted molar refractivity (Wildman–Crippen MR) is 84.7 cm³/mol. The summed E-state index contributed by atoms with van der Waals surface area (Å²) in [6.45, 7) is 2.19. The fourth-order valence-electron chi connectivity index (χ4n) is 2.14. The molecule has 0 amide bonds. The summed E-state index contributed by atoms with van der Waals surface area (Å²) >= 11 is 3.23. The van der Waals surface area contributed by atoms with Crippen LogP contribution in [0.1, 0.15) is 12.5 Å². The quantitative estimate of drug-likeness (QED) is 0.528. The summed E-state index contributed by atoms with van der Waals surface area (Å²) < 4.78 is 7.35. The topological polar surface area (TPSA) is 69.9 Å². The number of esters is 1. The zero-order valence-corrected chi connectivity index (χ0v) is 13.4. The van der Waals surface area contributed by atoms with E-state index in [4.69, 9.17) is 4.74 Å². The molecule has 0 fully saturated rings. The van der Waals surface area contributed by atoms with Gasteiger partial charge in [-0.05, 0) is 40.5 Å². The Morgan fingerprint density at radius 2 is 2.05 bits per heavy atom. The molecule has 0 radical (unpaired) electrons. The Morgan fingerprint density at radius 1 is 1.27 bits per heavy atom. The fraction of sp³-hybridized carbons (Fsp3) is 0.200. The van der Waals surface area contributed by atoms with E-state index in [0.29, 0.717) is 17.0 Å². The molecule has 0 unspecified atom stereocenters. The van der Waals surface area contributed by atoms with E-state index in [1.54, 1.807) is 19.4 Å². The molecule has 0 aliphatic carbocycles. The molecule has 3 aromatic rings. The Hall–Kier alpha value is -2.28. The molecule has 3 rings (SSSR count). The van der Waals surface area contributed by atoms with Gasteiger partial charge in [0.25, 0.3) is 0 Å². The number of nitrogens with zero attached hydrogens (tertiary/aromatic N) is 4. The number of carbonyl (C=O) groups excluding carboxylic acids is 1. The van der Waals surface area contributed by atoms with Crippen molar-refractivity contribution in [1.29, 1.82) is 0 Å².